The molecule has 3 aromatic rings. The number of hydrogen-bond donors (Lipinski definition) is 0. The molecule has 26 heavy (non-hydrogen) atoms. The Bertz CT molecular complexity index is 1010. The van der Waals surface area contributed by atoms with E-state index in [0.29, 0.717) is 5.69 Å². The van der Waals surface area contributed by atoms with Crippen LogP contribution in [0, 0.1) is 19.7 Å². The van der Waals surface area contributed by atoms with Crippen molar-refractivity contribution >= 4 is 15.7 Å². The Morgan fingerprint density at radius 1 is 0.885 bits per heavy atom. The normalized spacial score (nSPS) is 11.3. The Balaban J connectivity index is 2.11. The lowest BCUT2D eigenvalue weighted by molar-refractivity contribution is 0.589. The molecule has 0 aliphatic carbocycles. The maximum atomic E-state index is 13.3. The number of halogens is 1. The van der Waals surface area contributed by atoms with Crippen molar-refractivity contribution < 1.29 is 12.8 Å². The van der Waals surface area contributed by atoms with Crippen molar-refractivity contribution in [2.75, 3.05) is 4.31 Å². The van der Waals surface area contributed by atoms with Crippen molar-refractivity contribution in [2.24, 2.45) is 0 Å². The third-order valence-corrected chi connectivity index (χ3v) is 6.05. The van der Waals surface area contributed by atoms with E-state index in [-0.39, 0.29) is 11.4 Å². The van der Waals surface area contributed by atoms with Crippen LogP contribution in [0.2, 0.25) is 0 Å². The van der Waals surface area contributed by atoms with Gasteiger partial charge in [0.25, 0.3) is 10.0 Å². The summed E-state index contributed by atoms with van der Waals surface area (Å²) in [6.07, 6.45) is 0. The average molecular weight is 369 g/mol. The fourth-order valence-electron chi connectivity index (χ4n) is 2.77. The van der Waals surface area contributed by atoms with Crippen LogP contribution in [0.25, 0.3) is 0 Å². The molecule has 0 bridgehead atoms. The van der Waals surface area contributed by atoms with Crippen LogP contribution in [0.5, 0.6) is 0 Å². The van der Waals surface area contributed by atoms with E-state index in [1.54, 1.807) is 6.07 Å². The van der Waals surface area contributed by atoms with Gasteiger partial charge in [-0.2, -0.15) is 0 Å². The van der Waals surface area contributed by atoms with Gasteiger partial charge in [-0.1, -0.05) is 36.4 Å². The van der Waals surface area contributed by atoms with E-state index in [9.17, 15) is 12.8 Å². The minimum atomic E-state index is -3.84. The zero-order chi connectivity index (χ0) is 18.7. The van der Waals surface area contributed by atoms with Gasteiger partial charge in [-0.05, 0) is 66.9 Å². The van der Waals surface area contributed by atoms with Crippen molar-refractivity contribution in [3.05, 3.63) is 95.3 Å². The zero-order valence-electron chi connectivity index (χ0n) is 14.7. The summed E-state index contributed by atoms with van der Waals surface area (Å²) in [4.78, 5) is 0.0639. The molecule has 0 spiro atoms. The number of sulfonamides is 1. The van der Waals surface area contributed by atoms with Gasteiger partial charge in [-0.15, -0.1) is 0 Å². The number of hydrogen-bond acceptors (Lipinski definition) is 2. The first-order chi connectivity index (χ1) is 12.4. The number of rotatable bonds is 5. The van der Waals surface area contributed by atoms with Crippen LogP contribution in [0.3, 0.4) is 0 Å². The van der Waals surface area contributed by atoms with Crippen molar-refractivity contribution in [3.8, 4) is 0 Å². The molecule has 0 unspecified atom stereocenters. The molecular weight excluding hydrogens is 349 g/mol. The molecule has 0 heterocycles. The highest BCUT2D eigenvalue weighted by Gasteiger charge is 2.25. The fraction of sp³-hybridized carbons (Fsp3) is 0.143. The van der Waals surface area contributed by atoms with Gasteiger partial charge >= 0.3 is 0 Å². The molecule has 3 nitrogen and oxygen atoms in total. The van der Waals surface area contributed by atoms with E-state index < -0.39 is 15.8 Å². The van der Waals surface area contributed by atoms with Gasteiger partial charge in [-0.3, -0.25) is 4.31 Å². The van der Waals surface area contributed by atoms with Crippen LogP contribution >= 0.6 is 0 Å². The minimum Gasteiger partial charge on any atom is -0.262 e. The first-order valence-corrected chi connectivity index (χ1v) is 9.71. The third kappa shape index (κ3) is 3.78. The molecule has 5 heteroatoms. The Hall–Kier alpha value is -2.66. The number of benzene rings is 3. The van der Waals surface area contributed by atoms with Crippen molar-refractivity contribution in [1.29, 1.82) is 0 Å². The molecule has 0 saturated carbocycles. The highest BCUT2D eigenvalue weighted by atomic mass is 32.2. The van der Waals surface area contributed by atoms with E-state index in [4.69, 9.17) is 0 Å². The Kier molecular flexibility index (Phi) is 5.09. The molecule has 0 saturated heterocycles. The predicted octanol–water partition coefficient (Wildman–Crippen LogP) is 4.84. The summed E-state index contributed by atoms with van der Waals surface area (Å²) in [5.74, 6) is -0.468. The number of anilines is 1. The Morgan fingerprint density at radius 2 is 1.58 bits per heavy atom. The SMILES string of the molecule is Cc1cccc(N(Cc2ccccc2C)S(=O)(=O)c2ccc(F)cc2)c1. The maximum Gasteiger partial charge on any atom is 0.264 e. The lowest BCUT2D eigenvalue weighted by Crippen LogP contribution is -2.31. The highest BCUT2D eigenvalue weighted by Crippen LogP contribution is 2.27. The summed E-state index contributed by atoms with van der Waals surface area (Å²) >= 11 is 0. The minimum absolute atomic E-state index is 0.0639. The third-order valence-electron chi connectivity index (χ3n) is 4.27. The molecule has 0 N–H and O–H groups in total. The zero-order valence-corrected chi connectivity index (χ0v) is 15.5. The van der Waals surface area contributed by atoms with Crippen molar-refractivity contribution in [1.82, 2.24) is 0 Å². The summed E-state index contributed by atoms with van der Waals surface area (Å²) in [5, 5.41) is 0. The molecule has 0 atom stereocenters. The second kappa shape index (κ2) is 7.30. The van der Waals surface area contributed by atoms with Gasteiger partial charge < -0.3 is 0 Å². The smallest absolute Gasteiger partial charge is 0.262 e. The van der Waals surface area contributed by atoms with E-state index >= 15 is 0 Å². The summed E-state index contributed by atoms with van der Waals surface area (Å²) in [6, 6.07) is 19.9. The quantitative estimate of drug-likeness (QED) is 0.645. The van der Waals surface area contributed by atoms with E-state index in [1.807, 2.05) is 56.3 Å². The summed E-state index contributed by atoms with van der Waals surface area (Å²) in [5.41, 5.74) is 3.48. The second-order valence-electron chi connectivity index (χ2n) is 6.23. The van der Waals surface area contributed by atoms with Gasteiger partial charge in [0.15, 0.2) is 0 Å². The van der Waals surface area contributed by atoms with Gasteiger partial charge in [0.1, 0.15) is 5.82 Å². The van der Waals surface area contributed by atoms with E-state index in [1.165, 1.54) is 16.4 Å². The molecule has 0 aliphatic heterocycles. The van der Waals surface area contributed by atoms with Crippen molar-refractivity contribution in [2.45, 2.75) is 25.3 Å². The molecular formula is C21H20FNO2S. The average Bonchev–Trinajstić information content (AvgIpc) is 2.61. The summed E-state index contributed by atoms with van der Waals surface area (Å²) in [7, 11) is -3.84. The van der Waals surface area contributed by atoms with Gasteiger partial charge in [0.2, 0.25) is 0 Å². The van der Waals surface area contributed by atoms with Gasteiger partial charge in [-0.25, -0.2) is 12.8 Å². The van der Waals surface area contributed by atoms with Crippen LogP contribution in [-0.4, -0.2) is 8.42 Å². The van der Waals surface area contributed by atoms with Crippen LogP contribution in [-0.2, 0) is 16.6 Å². The molecule has 3 aromatic carbocycles. The number of aryl methyl sites for hydroxylation is 2. The van der Waals surface area contributed by atoms with Crippen LogP contribution in [0.15, 0.2) is 77.7 Å². The monoisotopic (exact) mass is 369 g/mol. The number of nitrogens with zero attached hydrogens (tertiary/aromatic N) is 1. The standard InChI is InChI=1S/C21H20FNO2S/c1-16-6-5-9-20(14-16)23(15-18-8-4-3-7-17(18)2)26(24,25)21-12-10-19(22)11-13-21/h3-14H,15H2,1-2H3. The second-order valence-corrected chi connectivity index (χ2v) is 8.09. The molecule has 0 amide bonds. The van der Waals surface area contributed by atoms with E-state index in [2.05, 4.69) is 0 Å². The van der Waals surface area contributed by atoms with Crippen LogP contribution in [0.1, 0.15) is 16.7 Å². The fourth-order valence-corrected chi connectivity index (χ4v) is 4.21. The molecule has 0 radical (unpaired) electrons. The summed E-state index contributed by atoms with van der Waals surface area (Å²) < 4.78 is 41.2. The molecule has 134 valence electrons. The lowest BCUT2D eigenvalue weighted by Gasteiger charge is -2.25. The Labute approximate surface area is 153 Å². The van der Waals surface area contributed by atoms with Crippen LogP contribution in [0.4, 0.5) is 10.1 Å². The maximum absolute atomic E-state index is 13.3. The van der Waals surface area contributed by atoms with Crippen molar-refractivity contribution in [3.63, 3.8) is 0 Å². The first-order valence-electron chi connectivity index (χ1n) is 8.27. The topological polar surface area (TPSA) is 37.4 Å². The Morgan fingerprint density at radius 3 is 2.23 bits per heavy atom. The largest absolute Gasteiger partial charge is 0.264 e. The van der Waals surface area contributed by atoms with Crippen LogP contribution < -0.4 is 4.31 Å². The molecule has 3 rings (SSSR count). The predicted molar refractivity (Wildman–Crippen MR) is 102 cm³/mol. The molecule has 0 aromatic heterocycles. The van der Waals surface area contributed by atoms with Gasteiger partial charge in [0.05, 0.1) is 17.1 Å². The highest BCUT2D eigenvalue weighted by molar-refractivity contribution is 7.92. The van der Waals surface area contributed by atoms with Gasteiger partial charge in [0, 0.05) is 0 Å². The first kappa shape index (κ1) is 18.1. The molecule has 0 aliphatic rings. The lowest BCUT2D eigenvalue weighted by atomic mass is 10.1. The molecule has 0 fully saturated rings. The van der Waals surface area contributed by atoms with E-state index in [0.717, 1.165) is 28.8 Å². The summed E-state index contributed by atoms with van der Waals surface area (Å²) in [6.45, 7) is 4.07.